The highest BCUT2D eigenvalue weighted by atomic mass is 79.9. The molecule has 2 atom stereocenters. The van der Waals surface area contributed by atoms with Gasteiger partial charge in [0.2, 0.25) is 0 Å². The Morgan fingerprint density at radius 1 is 1.05 bits per heavy atom. The van der Waals surface area contributed by atoms with Gasteiger partial charge in [0.1, 0.15) is 0 Å². The van der Waals surface area contributed by atoms with Gasteiger partial charge in [-0.3, -0.25) is 0 Å². The maximum Gasteiger partial charge on any atom is 0.0871 e. The van der Waals surface area contributed by atoms with Gasteiger partial charge in [-0.05, 0) is 36.6 Å². The van der Waals surface area contributed by atoms with Gasteiger partial charge in [0, 0.05) is 16.9 Å². The Labute approximate surface area is 128 Å². The van der Waals surface area contributed by atoms with Gasteiger partial charge in [0.25, 0.3) is 0 Å². The zero-order chi connectivity index (χ0) is 14.7. The van der Waals surface area contributed by atoms with Crippen molar-refractivity contribution in [3.05, 3.63) is 69.2 Å². The Balaban J connectivity index is 2.30. The van der Waals surface area contributed by atoms with Crippen LogP contribution in [-0.4, -0.2) is 11.7 Å². The van der Waals surface area contributed by atoms with Crippen molar-refractivity contribution < 1.29 is 5.11 Å². The van der Waals surface area contributed by atoms with Crippen LogP contribution in [0.2, 0.25) is 0 Å². The third-order valence-corrected chi connectivity index (χ3v) is 4.53. The Bertz CT molecular complexity index is 580. The van der Waals surface area contributed by atoms with Gasteiger partial charge in [-0.1, -0.05) is 57.9 Å². The molecule has 0 aromatic heterocycles. The third-order valence-electron chi connectivity index (χ3n) is 3.68. The van der Waals surface area contributed by atoms with Crippen LogP contribution < -0.4 is 5.73 Å². The van der Waals surface area contributed by atoms with E-state index >= 15 is 0 Å². The second kappa shape index (κ2) is 6.53. The lowest BCUT2D eigenvalue weighted by Gasteiger charge is -2.23. The molecule has 3 N–H and O–H groups in total. The van der Waals surface area contributed by atoms with Crippen molar-refractivity contribution in [2.24, 2.45) is 5.73 Å². The van der Waals surface area contributed by atoms with Gasteiger partial charge in [-0.15, -0.1) is 0 Å². The quantitative estimate of drug-likeness (QED) is 0.892. The molecule has 0 amide bonds. The summed E-state index contributed by atoms with van der Waals surface area (Å²) in [5.41, 5.74) is 10.2. The largest absolute Gasteiger partial charge is 0.388 e. The summed E-state index contributed by atoms with van der Waals surface area (Å²) in [6, 6.07) is 14.1. The molecule has 0 saturated carbocycles. The minimum atomic E-state index is -0.598. The summed E-state index contributed by atoms with van der Waals surface area (Å²) in [6.07, 6.45) is -0.598. The van der Waals surface area contributed by atoms with E-state index in [0.717, 1.165) is 21.2 Å². The summed E-state index contributed by atoms with van der Waals surface area (Å²) in [5.74, 6) is -0.0924. The van der Waals surface area contributed by atoms with Gasteiger partial charge in [0.05, 0.1) is 6.10 Å². The number of hydrogen-bond acceptors (Lipinski definition) is 2. The Kier molecular flexibility index (Phi) is 4.97. The van der Waals surface area contributed by atoms with Gasteiger partial charge >= 0.3 is 0 Å². The predicted octanol–water partition coefficient (Wildman–Crippen LogP) is 3.84. The molecule has 0 radical (unpaired) electrons. The molecule has 2 rings (SSSR count). The van der Waals surface area contributed by atoms with E-state index in [1.807, 2.05) is 37.3 Å². The number of aryl methyl sites for hydroxylation is 2. The van der Waals surface area contributed by atoms with Crippen LogP contribution in [0.4, 0.5) is 0 Å². The lowest BCUT2D eigenvalue weighted by Crippen LogP contribution is -2.20. The van der Waals surface area contributed by atoms with Crippen LogP contribution in [0, 0.1) is 13.8 Å². The summed E-state index contributed by atoms with van der Waals surface area (Å²) in [6.45, 7) is 4.49. The molecule has 2 aromatic carbocycles. The third kappa shape index (κ3) is 3.29. The first-order chi connectivity index (χ1) is 9.52. The average Bonchev–Trinajstić information content (AvgIpc) is 2.44. The average molecular weight is 334 g/mol. The molecule has 3 heteroatoms. The SMILES string of the molecule is Cc1ccc(C(CN)C(O)c2ccc(C)c(Br)c2)cc1. The van der Waals surface area contributed by atoms with Crippen molar-refractivity contribution >= 4 is 15.9 Å². The molecular formula is C17H20BrNO. The molecule has 0 spiro atoms. The van der Waals surface area contributed by atoms with Crippen molar-refractivity contribution in [3.63, 3.8) is 0 Å². The van der Waals surface area contributed by atoms with Crippen LogP contribution in [-0.2, 0) is 0 Å². The molecule has 0 aliphatic rings. The second-order valence-electron chi connectivity index (χ2n) is 5.21. The van der Waals surface area contributed by atoms with E-state index in [1.165, 1.54) is 5.56 Å². The summed E-state index contributed by atoms with van der Waals surface area (Å²) >= 11 is 3.51. The standard InChI is InChI=1S/C17H20BrNO/c1-11-3-6-13(7-4-11)15(10-19)17(20)14-8-5-12(2)16(18)9-14/h3-9,15,17,20H,10,19H2,1-2H3. The first kappa shape index (κ1) is 15.2. The highest BCUT2D eigenvalue weighted by molar-refractivity contribution is 9.10. The van der Waals surface area contributed by atoms with E-state index in [4.69, 9.17) is 5.73 Å². The van der Waals surface area contributed by atoms with E-state index in [0.29, 0.717) is 6.54 Å². The molecule has 0 heterocycles. The fraction of sp³-hybridized carbons (Fsp3) is 0.294. The second-order valence-corrected chi connectivity index (χ2v) is 6.06. The van der Waals surface area contributed by atoms with E-state index in [1.54, 1.807) is 0 Å². The number of aliphatic hydroxyl groups excluding tert-OH is 1. The number of hydrogen-bond donors (Lipinski definition) is 2. The van der Waals surface area contributed by atoms with Crippen LogP contribution in [0.5, 0.6) is 0 Å². The van der Waals surface area contributed by atoms with E-state index < -0.39 is 6.10 Å². The highest BCUT2D eigenvalue weighted by Crippen LogP contribution is 2.32. The smallest absolute Gasteiger partial charge is 0.0871 e. The van der Waals surface area contributed by atoms with Gasteiger partial charge in [-0.2, -0.15) is 0 Å². The van der Waals surface area contributed by atoms with Crippen molar-refractivity contribution in [2.75, 3.05) is 6.54 Å². The fourth-order valence-electron chi connectivity index (χ4n) is 2.29. The van der Waals surface area contributed by atoms with Gasteiger partial charge in [-0.25, -0.2) is 0 Å². The molecule has 2 aromatic rings. The Morgan fingerprint density at radius 3 is 2.20 bits per heavy atom. The zero-order valence-corrected chi connectivity index (χ0v) is 13.4. The number of nitrogens with two attached hydrogens (primary N) is 1. The summed E-state index contributed by atoms with van der Waals surface area (Å²) in [7, 11) is 0. The van der Waals surface area contributed by atoms with E-state index in [9.17, 15) is 5.11 Å². The zero-order valence-electron chi connectivity index (χ0n) is 11.8. The summed E-state index contributed by atoms with van der Waals surface area (Å²) < 4.78 is 1.01. The van der Waals surface area contributed by atoms with Crippen molar-refractivity contribution in [1.29, 1.82) is 0 Å². The van der Waals surface area contributed by atoms with Crippen LogP contribution in [0.1, 0.15) is 34.3 Å². The summed E-state index contributed by atoms with van der Waals surface area (Å²) in [5, 5.41) is 10.6. The van der Waals surface area contributed by atoms with Crippen molar-refractivity contribution in [3.8, 4) is 0 Å². The Hall–Kier alpha value is -1.16. The molecule has 2 nitrogen and oxygen atoms in total. The highest BCUT2D eigenvalue weighted by Gasteiger charge is 2.21. The minimum Gasteiger partial charge on any atom is -0.388 e. The van der Waals surface area contributed by atoms with Gasteiger partial charge in [0.15, 0.2) is 0 Å². The van der Waals surface area contributed by atoms with E-state index in [2.05, 4.69) is 35.0 Å². The van der Waals surface area contributed by atoms with Crippen LogP contribution >= 0.6 is 15.9 Å². The van der Waals surface area contributed by atoms with Crippen LogP contribution in [0.25, 0.3) is 0 Å². The molecular weight excluding hydrogens is 314 g/mol. The monoisotopic (exact) mass is 333 g/mol. The normalized spacial score (nSPS) is 14.1. The maximum absolute atomic E-state index is 10.6. The first-order valence-corrected chi connectivity index (χ1v) is 7.53. The number of halogens is 1. The lowest BCUT2D eigenvalue weighted by atomic mass is 9.88. The lowest BCUT2D eigenvalue weighted by molar-refractivity contribution is 0.147. The number of benzene rings is 2. The molecule has 0 aliphatic heterocycles. The molecule has 0 fully saturated rings. The van der Waals surface area contributed by atoms with Crippen LogP contribution in [0.15, 0.2) is 46.9 Å². The maximum atomic E-state index is 10.6. The Morgan fingerprint density at radius 2 is 1.65 bits per heavy atom. The number of rotatable bonds is 4. The fourth-order valence-corrected chi connectivity index (χ4v) is 2.68. The topological polar surface area (TPSA) is 46.2 Å². The van der Waals surface area contributed by atoms with Crippen molar-refractivity contribution in [1.82, 2.24) is 0 Å². The van der Waals surface area contributed by atoms with Crippen LogP contribution in [0.3, 0.4) is 0 Å². The molecule has 0 bridgehead atoms. The van der Waals surface area contributed by atoms with Gasteiger partial charge < -0.3 is 10.8 Å². The van der Waals surface area contributed by atoms with Crippen molar-refractivity contribution in [2.45, 2.75) is 25.9 Å². The van der Waals surface area contributed by atoms with E-state index in [-0.39, 0.29) is 5.92 Å². The predicted molar refractivity (Wildman–Crippen MR) is 86.8 cm³/mol. The molecule has 106 valence electrons. The summed E-state index contributed by atoms with van der Waals surface area (Å²) in [4.78, 5) is 0. The minimum absolute atomic E-state index is 0.0924. The molecule has 2 unspecified atom stereocenters. The molecule has 20 heavy (non-hydrogen) atoms. The number of aliphatic hydroxyl groups is 1. The molecule has 0 saturated heterocycles. The first-order valence-electron chi connectivity index (χ1n) is 6.73. The molecule has 0 aliphatic carbocycles.